The summed E-state index contributed by atoms with van der Waals surface area (Å²) in [4.78, 5) is 17.6. The molecule has 200 valence electrons. The second-order valence-corrected chi connectivity index (χ2v) is 10.5. The van der Waals surface area contributed by atoms with Crippen molar-refractivity contribution in [1.29, 1.82) is 0 Å². The van der Waals surface area contributed by atoms with E-state index in [4.69, 9.17) is 16.3 Å². The van der Waals surface area contributed by atoms with E-state index in [9.17, 15) is 9.90 Å². The van der Waals surface area contributed by atoms with Crippen LogP contribution in [0.1, 0.15) is 35.2 Å². The van der Waals surface area contributed by atoms with Gasteiger partial charge in [-0.2, -0.15) is 0 Å². The van der Waals surface area contributed by atoms with Crippen molar-refractivity contribution in [2.24, 2.45) is 5.92 Å². The van der Waals surface area contributed by atoms with Crippen LogP contribution < -0.4 is 0 Å². The maximum Gasteiger partial charge on any atom is 0.338 e. The first-order valence-electron chi connectivity index (χ1n) is 12.5. The second-order valence-electron chi connectivity index (χ2n) is 10.1. The molecule has 3 aromatic rings. The molecule has 1 saturated heterocycles. The van der Waals surface area contributed by atoms with Crippen molar-refractivity contribution in [2.75, 3.05) is 39.8 Å². The minimum atomic E-state index is -0.966. The number of carbonyl (C=O) groups is 1. The van der Waals surface area contributed by atoms with Crippen LogP contribution in [-0.4, -0.2) is 66.8 Å². The summed E-state index contributed by atoms with van der Waals surface area (Å²) in [6.07, 6.45) is 1.56. The van der Waals surface area contributed by atoms with Gasteiger partial charge < -0.3 is 19.6 Å². The summed E-state index contributed by atoms with van der Waals surface area (Å²) in [6.45, 7) is 4.78. The van der Waals surface area contributed by atoms with E-state index in [2.05, 4.69) is 47.2 Å². The number of rotatable bonds is 5. The van der Waals surface area contributed by atoms with Crippen LogP contribution in [0.25, 0.3) is 10.8 Å². The average molecular weight is 566 g/mol. The summed E-state index contributed by atoms with van der Waals surface area (Å²) in [5.41, 5.74) is 0.449. The first-order chi connectivity index (χ1) is 16.9. The Bertz CT molecular complexity index is 1200. The Morgan fingerprint density at radius 2 is 1.73 bits per heavy atom. The zero-order valence-electron chi connectivity index (χ0n) is 21.0. The number of halogens is 3. The van der Waals surface area contributed by atoms with Gasteiger partial charge in [-0.15, -0.1) is 24.8 Å². The van der Waals surface area contributed by atoms with Crippen LogP contribution in [-0.2, 0) is 10.3 Å². The third-order valence-electron chi connectivity index (χ3n) is 7.73. The average Bonchev–Trinajstić information content (AvgIpc) is 2.87. The summed E-state index contributed by atoms with van der Waals surface area (Å²) in [7, 11) is 2.15. The van der Waals surface area contributed by atoms with Gasteiger partial charge >= 0.3 is 5.97 Å². The lowest BCUT2D eigenvalue weighted by atomic mass is 9.70. The van der Waals surface area contributed by atoms with Gasteiger partial charge in [0, 0.05) is 43.7 Å². The number of esters is 1. The zero-order valence-corrected chi connectivity index (χ0v) is 23.4. The zero-order chi connectivity index (χ0) is 24.4. The van der Waals surface area contributed by atoms with E-state index in [1.165, 1.54) is 5.39 Å². The SMILES string of the molecule is CN1CCN(CC2CC(OC(=O)c3cccc(Cl)c3)CCC2(O)c2ccc3ccccc3c2)CC1.Cl.Cl. The van der Waals surface area contributed by atoms with Crippen LogP contribution in [0.3, 0.4) is 0 Å². The molecule has 8 heteroatoms. The largest absolute Gasteiger partial charge is 0.459 e. The molecular formula is C29H35Cl3N2O3. The Labute approximate surface area is 236 Å². The van der Waals surface area contributed by atoms with E-state index in [0.29, 0.717) is 29.8 Å². The number of hydrogen-bond acceptors (Lipinski definition) is 5. The van der Waals surface area contributed by atoms with Gasteiger partial charge in [-0.25, -0.2) is 4.79 Å². The van der Waals surface area contributed by atoms with Crippen molar-refractivity contribution in [3.8, 4) is 0 Å². The molecule has 0 aromatic heterocycles. The first-order valence-corrected chi connectivity index (χ1v) is 12.9. The number of likely N-dealkylation sites (N-methyl/N-ethyl adjacent to an activating group) is 1. The maximum atomic E-state index is 12.8. The Morgan fingerprint density at radius 1 is 1.00 bits per heavy atom. The number of aliphatic hydroxyl groups is 1. The number of nitrogens with zero attached hydrogens (tertiary/aromatic N) is 2. The monoisotopic (exact) mass is 564 g/mol. The van der Waals surface area contributed by atoms with Gasteiger partial charge in [0.15, 0.2) is 0 Å². The van der Waals surface area contributed by atoms with Crippen LogP contribution in [0.15, 0.2) is 66.7 Å². The number of carbonyl (C=O) groups excluding carboxylic acids is 1. The molecular weight excluding hydrogens is 531 g/mol. The Morgan fingerprint density at radius 3 is 2.46 bits per heavy atom. The summed E-state index contributed by atoms with van der Waals surface area (Å²) in [5.74, 6) is -0.398. The lowest BCUT2D eigenvalue weighted by Gasteiger charge is -2.46. The molecule has 1 aliphatic heterocycles. The predicted octanol–water partition coefficient (Wildman–Crippen LogP) is 5.80. The Balaban J connectivity index is 0.00000190. The molecule has 0 amide bonds. The molecule has 0 bridgehead atoms. The van der Waals surface area contributed by atoms with E-state index in [0.717, 1.165) is 43.7 Å². The van der Waals surface area contributed by atoms with Gasteiger partial charge in [-0.05, 0) is 66.9 Å². The summed E-state index contributed by atoms with van der Waals surface area (Å²) >= 11 is 6.07. The highest BCUT2D eigenvalue weighted by molar-refractivity contribution is 6.30. The van der Waals surface area contributed by atoms with Crippen molar-refractivity contribution in [3.63, 3.8) is 0 Å². The molecule has 3 atom stereocenters. The lowest BCUT2D eigenvalue weighted by Crippen LogP contribution is -2.52. The molecule has 3 aromatic carbocycles. The van der Waals surface area contributed by atoms with Gasteiger partial charge in [0.25, 0.3) is 0 Å². The fraction of sp³-hybridized carbons (Fsp3) is 0.414. The molecule has 2 aliphatic rings. The van der Waals surface area contributed by atoms with Gasteiger partial charge in [0.1, 0.15) is 6.10 Å². The number of benzene rings is 3. The summed E-state index contributed by atoms with van der Waals surface area (Å²) in [6, 6.07) is 21.4. The normalized spacial score (nSPS) is 24.6. The third-order valence-corrected chi connectivity index (χ3v) is 7.96. The maximum absolute atomic E-state index is 12.8. The van der Waals surface area contributed by atoms with Gasteiger partial charge in [0.2, 0.25) is 0 Å². The highest BCUT2D eigenvalue weighted by Gasteiger charge is 2.45. The molecule has 3 unspecified atom stereocenters. The number of fused-ring (bicyclic) bond motifs is 1. The topological polar surface area (TPSA) is 53.0 Å². The van der Waals surface area contributed by atoms with Crippen molar-refractivity contribution >= 4 is 53.2 Å². The molecule has 0 spiro atoms. The Kier molecular flexibility index (Phi) is 10.3. The molecule has 5 rings (SSSR count). The van der Waals surface area contributed by atoms with E-state index in [1.54, 1.807) is 24.3 Å². The van der Waals surface area contributed by atoms with Gasteiger partial charge in [0.05, 0.1) is 11.2 Å². The lowest BCUT2D eigenvalue weighted by molar-refractivity contribution is -0.100. The smallest absolute Gasteiger partial charge is 0.338 e. The van der Waals surface area contributed by atoms with Crippen molar-refractivity contribution in [3.05, 3.63) is 82.9 Å². The van der Waals surface area contributed by atoms with Crippen LogP contribution in [0.4, 0.5) is 0 Å². The minimum Gasteiger partial charge on any atom is -0.459 e. The molecule has 1 saturated carbocycles. The second kappa shape index (κ2) is 12.8. The highest BCUT2D eigenvalue weighted by Crippen LogP contribution is 2.44. The van der Waals surface area contributed by atoms with E-state index in [1.807, 2.05) is 12.1 Å². The number of piperazine rings is 1. The van der Waals surface area contributed by atoms with Gasteiger partial charge in [-0.1, -0.05) is 54.1 Å². The predicted molar refractivity (Wildman–Crippen MR) is 154 cm³/mol. The molecule has 1 heterocycles. The van der Waals surface area contributed by atoms with E-state index in [-0.39, 0.29) is 42.8 Å². The molecule has 0 radical (unpaired) electrons. The third kappa shape index (κ3) is 6.78. The molecule has 1 N–H and O–H groups in total. The molecule has 1 aliphatic carbocycles. The van der Waals surface area contributed by atoms with Crippen LogP contribution >= 0.6 is 36.4 Å². The van der Waals surface area contributed by atoms with Crippen molar-refractivity contribution in [1.82, 2.24) is 9.80 Å². The Hall–Kier alpha value is -1.86. The number of ether oxygens (including phenoxy) is 1. The van der Waals surface area contributed by atoms with Crippen molar-refractivity contribution < 1.29 is 14.6 Å². The van der Waals surface area contributed by atoms with Crippen LogP contribution in [0.5, 0.6) is 0 Å². The minimum absolute atomic E-state index is 0. The van der Waals surface area contributed by atoms with Gasteiger partial charge in [-0.3, -0.25) is 0 Å². The fourth-order valence-corrected chi connectivity index (χ4v) is 5.75. The first kappa shape index (κ1) is 29.7. The fourth-order valence-electron chi connectivity index (χ4n) is 5.56. The van der Waals surface area contributed by atoms with Crippen LogP contribution in [0, 0.1) is 5.92 Å². The quantitative estimate of drug-likeness (QED) is 0.397. The standard InChI is InChI=1S/C29H33ClN2O3.2ClH/c1-31-13-15-32(16-14-31)20-25-19-27(35-28(33)23-7-4-8-26(30)18-23)11-12-29(25,34)24-10-9-21-5-2-3-6-22(21)17-24;;/h2-10,17-18,25,27,34H,11-16,19-20H2,1H3;2*1H. The van der Waals surface area contributed by atoms with E-state index >= 15 is 0 Å². The highest BCUT2D eigenvalue weighted by atomic mass is 35.5. The molecule has 5 nitrogen and oxygen atoms in total. The number of hydrogen-bond donors (Lipinski definition) is 1. The van der Waals surface area contributed by atoms with E-state index < -0.39 is 5.60 Å². The molecule has 37 heavy (non-hydrogen) atoms. The summed E-state index contributed by atoms with van der Waals surface area (Å²) in [5, 5.41) is 15.0. The van der Waals surface area contributed by atoms with Crippen molar-refractivity contribution in [2.45, 2.75) is 31.0 Å². The molecule has 2 fully saturated rings. The summed E-state index contributed by atoms with van der Waals surface area (Å²) < 4.78 is 5.93. The van der Waals surface area contributed by atoms with Crippen LogP contribution in [0.2, 0.25) is 5.02 Å².